The van der Waals surface area contributed by atoms with Crippen molar-refractivity contribution >= 4 is 28.3 Å². The molecule has 0 saturated carbocycles. The predicted octanol–water partition coefficient (Wildman–Crippen LogP) is 3.32. The molecule has 0 radical (unpaired) electrons. The molecule has 0 aliphatic rings. The van der Waals surface area contributed by atoms with E-state index in [0.29, 0.717) is 15.7 Å². The molecular weight excluding hydrogens is 300 g/mol. The van der Waals surface area contributed by atoms with Crippen LogP contribution in [-0.2, 0) is 16.0 Å². The highest BCUT2D eigenvalue weighted by Gasteiger charge is 2.18. The number of carbonyl (C=O) groups excluding carboxylic acids is 1. The van der Waals surface area contributed by atoms with Crippen molar-refractivity contribution in [2.45, 2.75) is 34.1 Å². The molecule has 2 rings (SSSR count). The van der Waals surface area contributed by atoms with Crippen molar-refractivity contribution in [3.63, 3.8) is 0 Å². The Morgan fingerprint density at radius 2 is 1.82 bits per heavy atom. The molecule has 1 aromatic heterocycles. The number of carbonyl (C=O) groups is 2. The van der Waals surface area contributed by atoms with E-state index in [1.807, 2.05) is 26.8 Å². The van der Waals surface area contributed by atoms with Gasteiger partial charge in [0.25, 0.3) is 0 Å². The Kier molecular flexibility index (Phi) is 4.61. The van der Waals surface area contributed by atoms with Crippen LogP contribution in [0.25, 0.3) is 11.3 Å². The lowest BCUT2D eigenvalue weighted by molar-refractivity contribution is -0.136. The largest absolute Gasteiger partial charge is 0.481 e. The molecule has 6 heteroatoms. The van der Waals surface area contributed by atoms with Gasteiger partial charge in [0.2, 0.25) is 5.91 Å². The van der Waals surface area contributed by atoms with Gasteiger partial charge < -0.3 is 10.4 Å². The quantitative estimate of drug-likeness (QED) is 0.906. The number of thiazole rings is 1. The molecule has 0 spiro atoms. The summed E-state index contributed by atoms with van der Waals surface area (Å²) in [5.41, 5.74) is 4.88. The number of benzene rings is 1. The fraction of sp³-hybridized carbons (Fsp3) is 0.312. The third-order valence-corrected chi connectivity index (χ3v) is 4.36. The zero-order valence-corrected chi connectivity index (χ0v) is 13.8. The summed E-state index contributed by atoms with van der Waals surface area (Å²) in [6.07, 6.45) is -0.112. The lowest BCUT2D eigenvalue weighted by atomic mass is 9.98. The van der Waals surface area contributed by atoms with Crippen LogP contribution in [0.1, 0.15) is 28.5 Å². The maximum absolute atomic E-state index is 11.2. The van der Waals surface area contributed by atoms with Gasteiger partial charge in [0.15, 0.2) is 5.13 Å². The molecule has 1 aromatic carbocycles. The summed E-state index contributed by atoms with van der Waals surface area (Å²) in [6, 6.07) is 4.08. The Morgan fingerprint density at radius 1 is 1.18 bits per heavy atom. The average molecular weight is 318 g/mol. The second-order valence-electron chi connectivity index (χ2n) is 5.29. The van der Waals surface area contributed by atoms with Gasteiger partial charge in [0.1, 0.15) is 0 Å². The highest BCUT2D eigenvalue weighted by molar-refractivity contribution is 7.16. The van der Waals surface area contributed by atoms with Gasteiger partial charge in [0.05, 0.1) is 12.1 Å². The number of nitrogens with zero attached hydrogens (tertiary/aromatic N) is 1. The van der Waals surface area contributed by atoms with Crippen molar-refractivity contribution in [2.75, 3.05) is 5.32 Å². The molecule has 0 saturated heterocycles. The first kappa shape index (κ1) is 16.2. The fourth-order valence-corrected chi connectivity index (χ4v) is 3.25. The molecule has 22 heavy (non-hydrogen) atoms. The minimum Gasteiger partial charge on any atom is -0.481 e. The van der Waals surface area contributed by atoms with E-state index in [2.05, 4.69) is 16.4 Å². The van der Waals surface area contributed by atoms with Gasteiger partial charge in [-0.3, -0.25) is 9.59 Å². The second kappa shape index (κ2) is 6.27. The van der Waals surface area contributed by atoms with Gasteiger partial charge in [-0.25, -0.2) is 4.98 Å². The molecule has 0 bridgehead atoms. The fourth-order valence-electron chi connectivity index (χ4n) is 2.24. The van der Waals surface area contributed by atoms with Crippen LogP contribution in [0, 0.1) is 20.8 Å². The van der Waals surface area contributed by atoms with Crippen LogP contribution in [0.5, 0.6) is 0 Å². The van der Waals surface area contributed by atoms with Gasteiger partial charge in [-0.05, 0) is 43.5 Å². The monoisotopic (exact) mass is 318 g/mol. The number of hydrogen-bond acceptors (Lipinski definition) is 4. The van der Waals surface area contributed by atoms with Crippen molar-refractivity contribution in [2.24, 2.45) is 0 Å². The molecule has 0 fully saturated rings. The zero-order chi connectivity index (χ0) is 16.4. The maximum Gasteiger partial charge on any atom is 0.308 e. The first-order valence-electron chi connectivity index (χ1n) is 6.85. The summed E-state index contributed by atoms with van der Waals surface area (Å²) in [5, 5.41) is 12.1. The Labute approximate surface area is 133 Å². The molecule has 0 unspecified atom stereocenters. The summed E-state index contributed by atoms with van der Waals surface area (Å²) in [5.74, 6) is -1.14. The predicted molar refractivity (Wildman–Crippen MR) is 87.4 cm³/mol. The number of hydrogen-bond donors (Lipinski definition) is 2. The Hall–Kier alpha value is -2.21. The van der Waals surface area contributed by atoms with Gasteiger partial charge >= 0.3 is 5.97 Å². The number of carboxylic acids is 1. The first-order valence-corrected chi connectivity index (χ1v) is 7.67. The molecule has 1 amide bonds. The molecule has 5 nitrogen and oxygen atoms in total. The third kappa shape index (κ3) is 3.51. The van der Waals surface area contributed by atoms with E-state index in [0.717, 1.165) is 16.7 Å². The zero-order valence-electron chi connectivity index (χ0n) is 13.0. The standard InChI is InChI=1S/C16H18N2O3S/c1-8-5-10(3)12(6-9(8)2)15-13(7-14(20)21)22-16(18-15)17-11(4)19/h5-6H,7H2,1-4H3,(H,20,21)(H,17,18,19). The molecule has 2 aromatic rings. The highest BCUT2D eigenvalue weighted by Crippen LogP contribution is 2.34. The summed E-state index contributed by atoms with van der Waals surface area (Å²) >= 11 is 1.21. The van der Waals surface area contributed by atoms with Crippen LogP contribution >= 0.6 is 11.3 Å². The Balaban J connectivity index is 2.57. The first-order chi connectivity index (χ1) is 10.3. The van der Waals surface area contributed by atoms with Crippen LogP contribution in [0.2, 0.25) is 0 Å². The van der Waals surface area contributed by atoms with Crippen molar-refractivity contribution in [1.82, 2.24) is 4.98 Å². The number of aryl methyl sites for hydroxylation is 3. The number of rotatable bonds is 4. The minimum atomic E-state index is -0.916. The van der Waals surface area contributed by atoms with Crippen molar-refractivity contribution in [3.8, 4) is 11.3 Å². The van der Waals surface area contributed by atoms with Gasteiger partial charge in [-0.15, -0.1) is 11.3 Å². The second-order valence-corrected chi connectivity index (χ2v) is 6.38. The van der Waals surface area contributed by atoms with Gasteiger partial charge in [-0.1, -0.05) is 6.07 Å². The molecule has 1 heterocycles. The Morgan fingerprint density at radius 3 is 2.41 bits per heavy atom. The topological polar surface area (TPSA) is 79.3 Å². The van der Waals surface area contributed by atoms with Gasteiger partial charge in [0, 0.05) is 17.4 Å². The number of nitrogens with one attached hydrogen (secondary N) is 1. The van der Waals surface area contributed by atoms with E-state index in [1.165, 1.54) is 23.8 Å². The van der Waals surface area contributed by atoms with Crippen LogP contribution in [-0.4, -0.2) is 22.0 Å². The number of amides is 1. The molecule has 0 aliphatic carbocycles. The summed E-state index contributed by atoms with van der Waals surface area (Å²) in [4.78, 5) is 27.3. The van der Waals surface area contributed by atoms with Crippen LogP contribution < -0.4 is 5.32 Å². The normalized spacial score (nSPS) is 10.5. The van der Waals surface area contributed by atoms with Crippen LogP contribution in [0.3, 0.4) is 0 Å². The van der Waals surface area contributed by atoms with Crippen LogP contribution in [0.4, 0.5) is 5.13 Å². The van der Waals surface area contributed by atoms with E-state index >= 15 is 0 Å². The van der Waals surface area contributed by atoms with Gasteiger partial charge in [-0.2, -0.15) is 0 Å². The molecule has 2 N–H and O–H groups in total. The van der Waals surface area contributed by atoms with Crippen molar-refractivity contribution in [3.05, 3.63) is 33.7 Å². The van der Waals surface area contributed by atoms with E-state index in [9.17, 15) is 9.59 Å². The minimum absolute atomic E-state index is 0.112. The number of carboxylic acid groups (broad SMARTS) is 1. The molecular formula is C16H18N2O3S. The number of aromatic nitrogens is 1. The lowest BCUT2D eigenvalue weighted by Gasteiger charge is -2.09. The van der Waals surface area contributed by atoms with E-state index < -0.39 is 5.97 Å². The van der Waals surface area contributed by atoms with E-state index in [-0.39, 0.29) is 12.3 Å². The maximum atomic E-state index is 11.2. The SMILES string of the molecule is CC(=O)Nc1nc(-c2cc(C)c(C)cc2C)c(CC(=O)O)s1. The van der Waals surface area contributed by atoms with Crippen LogP contribution in [0.15, 0.2) is 12.1 Å². The van der Waals surface area contributed by atoms with Crippen molar-refractivity contribution in [1.29, 1.82) is 0 Å². The lowest BCUT2D eigenvalue weighted by Crippen LogP contribution is -2.05. The molecule has 116 valence electrons. The van der Waals surface area contributed by atoms with E-state index in [1.54, 1.807) is 0 Å². The number of anilines is 1. The average Bonchev–Trinajstić information content (AvgIpc) is 2.74. The molecule has 0 aliphatic heterocycles. The molecule has 0 atom stereocenters. The summed E-state index contributed by atoms with van der Waals surface area (Å²) in [6.45, 7) is 7.42. The van der Waals surface area contributed by atoms with E-state index in [4.69, 9.17) is 5.11 Å². The highest BCUT2D eigenvalue weighted by atomic mass is 32.1. The summed E-state index contributed by atoms with van der Waals surface area (Å²) in [7, 11) is 0. The van der Waals surface area contributed by atoms with Crippen molar-refractivity contribution < 1.29 is 14.7 Å². The third-order valence-electron chi connectivity index (χ3n) is 3.39. The summed E-state index contributed by atoms with van der Waals surface area (Å²) < 4.78 is 0. The smallest absolute Gasteiger partial charge is 0.308 e. The Bertz CT molecular complexity index is 750. The number of aliphatic carboxylic acids is 1.